The predicted octanol–water partition coefficient (Wildman–Crippen LogP) is 13.8. The fourth-order valence-corrected chi connectivity index (χ4v) is 11.4. The Morgan fingerprint density at radius 3 is 1.31 bits per heavy atom. The van der Waals surface area contributed by atoms with Gasteiger partial charge in [0.15, 0.2) is 22.1 Å². The third-order valence-electron chi connectivity index (χ3n) is 15.0. The number of rotatable bonds is 12. The van der Waals surface area contributed by atoms with E-state index in [4.69, 9.17) is 10.4 Å². The molecule has 0 unspecified atom stereocenters. The maximum Gasteiger partial charge on any atom is 0.198 e. The zero-order valence-electron chi connectivity index (χ0n) is 39.5. The van der Waals surface area contributed by atoms with Crippen LogP contribution in [0.2, 0.25) is 0 Å². The Morgan fingerprint density at radius 1 is 0.418 bits per heavy atom. The highest BCUT2D eigenvalue weighted by atomic mass is 15.5. The molecule has 14 bridgehead atoms. The van der Waals surface area contributed by atoms with Crippen LogP contribution >= 0.6 is 0 Å². The van der Waals surface area contributed by atoms with E-state index in [-0.39, 0.29) is 5.41 Å². The van der Waals surface area contributed by atoms with E-state index in [1.807, 2.05) is 0 Å². The summed E-state index contributed by atoms with van der Waals surface area (Å²) in [4.78, 5) is 0. The molecule has 0 saturated carbocycles. The lowest BCUT2D eigenvalue weighted by molar-refractivity contribution is -0.724. The van der Waals surface area contributed by atoms with Gasteiger partial charge >= 0.3 is 0 Å². The average molecular weight is 881 g/mol. The third-order valence-corrected chi connectivity index (χ3v) is 15.0. The number of fused-ring (bicyclic) bond motifs is 5. The maximum absolute atomic E-state index is 5.33. The molecule has 13 rings (SSSR count). The molecule has 5 heterocycles. The van der Waals surface area contributed by atoms with E-state index >= 15 is 0 Å². The summed E-state index contributed by atoms with van der Waals surface area (Å²) in [7, 11) is 0. The van der Waals surface area contributed by atoms with Gasteiger partial charge in [0.2, 0.25) is 0 Å². The van der Waals surface area contributed by atoms with Gasteiger partial charge in [-0.2, -0.15) is 0 Å². The molecule has 67 heavy (non-hydrogen) atoms. The second-order valence-corrected chi connectivity index (χ2v) is 19.5. The van der Waals surface area contributed by atoms with Gasteiger partial charge in [0.05, 0.1) is 10.4 Å². The summed E-state index contributed by atoms with van der Waals surface area (Å²) in [6.07, 6.45) is 15.2. The second-order valence-electron chi connectivity index (χ2n) is 19.5. The average Bonchev–Trinajstić information content (AvgIpc) is 3.98. The number of benzene rings is 7. The Morgan fingerprint density at radius 2 is 0.851 bits per heavy atom. The van der Waals surface area contributed by atoms with E-state index in [0.717, 1.165) is 35.2 Å². The van der Waals surface area contributed by atoms with Gasteiger partial charge < -0.3 is 0 Å². The van der Waals surface area contributed by atoms with Gasteiger partial charge in [-0.05, 0) is 110 Å². The van der Waals surface area contributed by atoms with Crippen LogP contribution in [-0.4, -0.2) is 19.8 Å². The van der Waals surface area contributed by atoms with Gasteiger partial charge in [0, 0.05) is 5.41 Å². The Hall–Kier alpha value is -6.66. The van der Waals surface area contributed by atoms with Crippen LogP contribution in [0.3, 0.4) is 0 Å². The summed E-state index contributed by atoms with van der Waals surface area (Å²) in [5, 5.41) is 10.7. The summed E-state index contributed by atoms with van der Waals surface area (Å²) in [6, 6.07) is 59.3. The van der Waals surface area contributed by atoms with Gasteiger partial charge in [0.1, 0.15) is 26.2 Å². The van der Waals surface area contributed by atoms with Crippen molar-refractivity contribution in [3.05, 3.63) is 191 Å². The van der Waals surface area contributed by atoms with Crippen molar-refractivity contribution in [1.82, 2.24) is 19.8 Å². The van der Waals surface area contributed by atoms with Crippen LogP contribution in [0.25, 0.3) is 55.4 Å². The van der Waals surface area contributed by atoms with E-state index < -0.39 is 0 Å². The Labute approximate surface area is 396 Å². The largest absolute Gasteiger partial charge is 0.198 e. The maximum atomic E-state index is 5.33. The van der Waals surface area contributed by atoms with Gasteiger partial charge in [0.25, 0.3) is 0 Å². The van der Waals surface area contributed by atoms with Crippen LogP contribution in [0.5, 0.6) is 0 Å². The van der Waals surface area contributed by atoms with Crippen molar-refractivity contribution in [2.75, 3.05) is 0 Å². The summed E-state index contributed by atoms with van der Waals surface area (Å²) in [6.45, 7) is 7.49. The van der Waals surface area contributed by atoms with Crippen molar-refractivity contribution in [3.8, 4) is 33.4 Å². The van der Waals surface area contributed by atoms with E-state index in [9.17, 15) is 0 Å². The molecule has 336 valence electrons. The number of para-hydroxylation sites is 4. The van der Waals surface area contributed by atoms with Gasteiger partial charge in [-0.1, -0.05) is 205 Å². The highest BCUT2D eigenvalue weighted by molar-refractivity contribution is 5.82. The molecule has 6 nitrogen and oxygen atoms in total. The first kappa shape index (κ1) is 42.9. The number of unbranched alkanes of at least 4 members (excludes halogenated alkanes) is 8. The molecule has 1 aliphatic carbocycles. The Balaban J connectivity index is 1.05. The molecule has 9 aromatic rings. The van der Waals surface area contributed by atoms with Crippen molar-refractivity contribution in [2.45, 2.75) is 122 Å². The Kier molecular flexibility index (Phi) is 12.1. The summed E-state index contributed by atoms with van der Waals surface area (Å²) < 4.78 is 8.84. The minimum atomic E-state index is -0.0470. The molecular formula is C61H64N6+2. The van der Waals surface area contributed by atoms with E-state index in [2.05, 4.69) is 190 Å². The van der Waals surface area contributed by atoms with Crippen molar-refractivity contribution in [2.24, 2.45) is 0 Å². The van der Waals surface area contributed by atoms with Crippen molar-refractivity contribution < 1.29 is 9.36 Å². The van der Waals surface area contributed by atoms with Crippen LogP contribution in [-0.2, 0) is 31.6 Å². The van der Waals surface area contributed by atoms with Crippen molar-refractivity contribution >= 4 is 22.1 Å². The number of hydrogen-bond donors (Lipinski definition) is 0. The monoisotopic (exact) mass is 881 g/mol. The second kappa shape index (κ2) is 18.9. The SMILES string of the molecule is CCCCCCCC1(CCCCCCC)c2cc3ccc2-c2ccc(cc21)C[n+]1nn(c2ccccc21)Cc1ccc(cc1)-c1cccc(c1)-c1ccc(cc1)Cn1n[n+](c2ccccc21)C3. The van der Waals surface area contributed by atoms with Crippen LogP contribution < -0.4 is 9.36 Å². The first-order chi connectivity index (χ1) is 33.1. The number of aromatic nitrogens is 6. The van der Waals surface area contributed by atoms with Crippen LogP contribution in [0.15, 0.2) is 158 Å². The molecule has 0 amide bonds. The minimum absolute atomic E-state index is 0.0470. The predicted molar refractivity (Wildman–Crippen MR) is 273 cm³/mol. The third kappa shape index (κ3) is 8.52. The first-order valence-electron chi connectivity index (χ1n) is 25.3. The molecule has 4 aliphatic rings. The first-order valence-corrected chi connectivity index (χ1v) is 25.3. The molecule has 0 fully saturated rings. The number of nitrogens with zero attached hydrogens (tertiary/aromatic N) is 6. The fourth-order valence-electron chi connectivity index (χ4n) is 11.4. The molecule has 2 aromatic heterocycles. The lowest BCUT2D eigenvalue weighted by atomic mass is 9.70. The standard InChI is InChI=1S/C61H64N6/c1-3-5-7-9-15-36-61(37-16-10-8-6-4-2)55-38-47-28-34-53(55)54-35-29-48(39-56(54)61)44-67-60-23-14-12-21-58(60)65(63-67)42-46-26-32-50(33-27-46)52-19-17-18-51(40-52)49-30-24-45(25-31-49)41-64-57-20-11-13-22-59(57)66(43-47)62-64/h11-14,17-35,38-40H,3-10,15-16,36-37,41-44H2,1-2H3/q+2. The van der Waals surface area contributed by atoms with E-state index in [1.54, 1.807) is 0 Å². The van der Waals surface area contributed by atoms with E-state index in [0.29, 0.717) is 13.1 Å². The smallest absolute Gasteiger partial charge is 0.125 e. The van der Waals surface area contributed by atoms with Gasteiger partial charge in [-0.15, -0.1) is 18.7 Å². The minimum Gasteiger partial charge on any atom is -0.125 e. The fraction of sp³-hybridized carbons (Fsp3) is 0.311. The lowest BCUT2D eigenvalue weighted by Gasteiger charge is -2.33. The molecular weight excluding hydrogens is 817 g/mol. The molecule has 0 spiro atoms. The molecule has 0 radical (unpaired) electrons. The number of hydrogen-bond acceptors (Lipinski definition) is 2. The molecule has 3 aliphatic heterocycles. The normalized spacial score (nSPS) is 13.8. The quantitative estimate of drug-likeness (QED) is 0.0906. The molecule has 0 saturated heterocycles. The van der Waals surface area contributed by atoms with Crippen molar-refractivity contribution in [3.63, 3.8) is 0 Å². The van der Waals surface area contributed by atoms with Gasteiger partial charge in [-0.25, -0.2) is 0 Å². The Bertz CT molecular complexity index is 2960. The van der Waals surface area contributed by atoms with Crippen molar-refractivity contribution in [1.29, 1.82) is 0 Å². The molecule has 7 aromatic carbocycles. The summed E-state index contributed by atoms with van der Waals surface area (Å²) in [5.41, 5.74) is 20.4. The molecule has 0 atom stereocenters. The van der Waals surface area contributed by atoms with Crippen LogP contribution in [0, 0.1) is 0 Å². The zero-order valence-corrected chi connectivity index (χ0v) is 39.5. The van der Waals surface area contributed by atoms with E-state index in [1.165, 1.54) is 144 Å². The molecule has 6 heteroatoms. The highest BCUT2D eigenvalue weighted by Crippen LogP contribution is 2.55. The molecule has 0 N–H and O–H groups in total. The summed E-state index contributed by atoms with van der Waals surface area (Å²) >= 11 is 0. The zero-order chi connectivity index (χ0) is 45.2. The topological polar surface area (TPSA) is 43.4 Å². The van der Waals surface area contributed by atoms with Gasteiger partial charge in [-0.3, -0.25) is 0 Å². The summed E-state index contributed by atoms with van der Waals surface area (Å²) in [5.74, 6) is 0. The van der Waals surface area contributed by atoms with Crippen LogP contribution in [0.4, 0.5) is 0 Å². The lowest BCUT2D eigenvalue weighted by Crippen LogP contribution is -2.38. The highest BCUT2D eigenvalue weighted by Gasteiger charge is 2.43. The van der Waals surface area contributed by atoms with Crippen LogP contribution in [0.1, 0.15) is 124 Å².